The molecule has 0 bridgehead atoms. The first-order chi connectivity index (χ1) is 9.73. The number of imidazole rings is 1. The standard InChI is InChI=1S/C15H18N2O3/c1-4-17-6-5-16-15(17)9-11-7-13(19-2)14(20-3)8-12(11)10-18/h5-8,10H,4,9H2,1-3H3. The quantitative estimate of drug-likeness (QED) is 0.759. The second-order valence-corrected chi connectivity index (χ2v) is 4.33. The molecule has 106 valence electrons. The number of ether oxygens (including phenoxy) is 2. The van der Waals surface area contributed by atoms with Gasteiger partial charge < -0.3 is 14.0 Å². The van der Waals surface area contributed by atoms with E-state index in [4.69, 9.17) is 9.47 Å². The van der Waals surface area contributed by atoms with E-state index in [1.165, 1.54) is 0 Å². The van der Waals surface area contributed by atoms with Crippen LogP contribution in [0.1, 0.15) is 28.7 Å². The van der Waals surface area contributed by atoms with Crippen molar-refractivity contribution in [2.75, 3.05) is 14.2 Å². The minimum atomic E-state index is 0.553. The number of hydrogen-bond donors (Lipinski definition) is 0. The SMILES string of the molecule is CCn1ccnc1Cc1cc(OC)c(OC)cc1C=O. The molecule has 0 aliphatic rings. The zero-order valence-electron chi connectivity index (χ0n) is 11.9. The molecule has 2 aromatic rings. The molecule has 0 radical (unpaired) electrons. The molecule has 0 spiro atoms. The molecule has 5 heteroatoms. The summed E-state index contributed by atoms with van der Waals surface area (Å²) in [6.07, 6.45) is 5.10. The molecule has 0 N–H and O–H groups in total. The highest BCUT2D eigenvalue weighted by Gasteiger charge is 2.13. The van der Waals surface area contributed by atoms with Gasteiger partial charge in [-0.25, -0.2) is 4.98 Å². The second kappa shape index (κ2) is 6.23. The number of rotatable bonds is 6. The Labute approximate surface area is 118 Å². The van der Waals surface area contributed by atoms with Crippen LogP contribution in [0.4, 0.5) is 0 Å². The maximum absolute atomic E-state index is 11.3. The third-order valence-electron chi connectivity index (χ3n) is 3.26. The van der Waals surface area contributed by atoms with Crippen molar-refractivity contribution in [3.8, 4) is 11.5 Å². The van der Waals surface area contributed by atoms with Crippen LogP contribution in [0.15, 0.2) is 24.5 Å². The Hall–Kier alpha value is -2.30. The van der Waals surface area contributed by atoms with Crippen LogP contribution >= 0.6 is 0 Å². The third-order valence-corrected chi connectivity index (χ3v) is 3.26. The van der Waals surface area contributed by atoms with Gasteiger partial charge in [-0.2, -0.15) is 0 Å². The normalized spacial score (nSPS) is 10.3. The lowest BCUT2D eigenvalue weighted by Gasteiger charge is -2.12. The first kappa shape index (κ1) is 14.1. The molecule has 1 heterocycles. The molecule has 20 heavy (non-hydrogen) atoms. The Balaban J connectivity index is 2.42. The Morgan fingerprint density at radius 2 is 1.95 bits per heavy atom. The largest absolute Gasteiger partial charge is 0.493 e. The van der Waals surface area contributed by atoms with Crippen LogP contribution in [0.2, 0.25) is 0 Å². The van der Waals surface area contributed by atoms with Crippen molar-refractivity contribution in [3.05, 3.63) is 41.5 Å². The summed E-state index contributed by atoms with van der Waals surface area (Å²) in [7, 11) is 3.13. The van der Waals surface area contributed by atoms with Gasteiger partial charge in [0, 0.05) is 30.9 Å². The molecule has 1 aromatic heterocycles. The van der Waals surface area contributed by atoms with Crippen molar-refractivity contribution < 1.29 is 14.3 Å². The minimum Gasteiger partial charge on any atom is -0.493 e. The van der Waals surface area contributed by atoms with Gasteiger partial charge in [0.2, 0.25) is 0 Å². The summed E-state index contributed by atoms with van der Waals surface area (Å²) in [6.45, 7) is 2.90. The maximum Gasteiger partial charge on any atom is 0.161 e. The van der Waals surface area contributed by atoms with E-state index in [0.717, 1.165) is 24.2 Å². The van der Waals surface area contributed by atoms with Crippen LogP contribution in [-0.2, 0) is 13.0 Å². The number of hydrogen-bond acceptors (Lipinski definition) is 4. The number of aldehydes is 1. The first-order valence-corrected chi connectivity index (χ1v) is 6.43. The third kappa shape index (κ3) is 2.66. The summed E-state index contributed by atoms with van der Waals surface area (Å²) in [5.74, 6) is 2.09. The average molecular weight is 274 g/mol. The lowest BCUT2D eigenvalue weighted by molar-refractivity contribution is 0.112. The first-order valence-electron chi connectivity index (χ1n) is 6.43. The molecule has 0 aliphatic carbocycles. The van der Waals surface area contributed by atoms with Crippen molar-refractivity contribution in [1.29, 1.82) is 0 Å². The van der Waals surface area contributed by atoms with Crippen LogP contribution in [0.3, 0.4) is 0 Å². The Bertz CT molecular complexity index is 605. The van der Waals surface area contributed by atoms with Gasteiger partial charge in [-0.15, -0.1) is 0 Å². The van der Waals surface area contributed by atoms with Crippen LogP contribution < -0.4 is 9.47 Å². The fourth-order valence-electron chi connectivity index (χ4n) is 2.17. The van der Waals surface area contributed by atoms with Crippen LogP contribution in [-0.4, -0.2) is 30.1 Å². The van der Waals surface area contributed by atoms with E-state index in [2.05, 4.69) is 11.9 Å². The molecular weight excluding hydrogens is 256 g/mol. The molecule has 2 rings (SSSR count). The number of benzene rings is 1. The molecule has 0 saturated heterocycles. The molecule has 0 unspecified atom stereocenters. The summed E-state index contributed by atoms with van der Waals surface area (Å²) >= 11 is 0. The van der Waals surface area contributed by atoms with Crippen LogP contribution in [0, 0.1) is 0 Å². The molecule has 0 fully saturated rings. The number of methoxy groups -OCH3 is 2. The highest BCUT2D eigenvalue weighted by molar-refractivity contribution is 5.79. The highest BCUT2D eigenvalue weighted by atomic mass is 16.5. The van der Waals surface area contributed by atoms with Gasteiger partial charge in [0.05, 0.1) is 14.2 Å². The molecule has 0 saturated carbocycles. The molecule has 0 atom stereocenters. The zero-order valence-corrected chi connectivity index (χ0v) is 11.9. The fraction of sp³-hybridized carbons (Fsp3) is 0.333. The molecule has 0 aliphatic heterocycles. The monoisotopic (exact) mass is 274 g/mol. The zero-order chi connectivity index (χ0) is 14.5. The number of nitrogens with zero attached hydrogens (tertiary/aromatic N) is 2. The molecule has 0 amide bonds. The number of carbonyl (C=O) groups is 1. The topological polar surface area (TPSA) is 53.4 Å². The summed E-state index contributed by atoms with van der Waals surface area (Å²) in [4.78, 5) is 15.6. The van der Waals surface area contributed by atoms with Crippen molar-refractivity contribution >= 4 is 6.29 Å². The molecule has 1 aromatic carbocycles. The second-order valence-electron chi connectivity index (χ2n) is 4.33. The lowest BCUT2D eigenvalue weighted by Crippen LogP contribution is -2.05. The van der Waals surface area contributed by atoms with E-state index >= 15 is 0 Å². The number of carbonyl (C=O) groups excluding carboxylic acids is 1. The summed E-state index contributed by atoms with van der Waals surface area (Å²) in [5.41, 5.74) is 1.46. The summed E-state index contributed by atoms with van der Waals surface area (Å²) in [6, 6.07) is 3.53. The molecular formula is C15H18N2O3. The van der Waals surface area contributed by atoms with Gasteiger partial charge in [-0.1, -0.05) is 0 Å². The van der Waals surface area contributed by atoms with E-state index < -0.39 is 0 Å². The van der Waals surface area contributed by atoms with Gasteiger partial charge in [0.1, 0.15) is 12.1 Å². The van der Waals surface area contributed by atoms with Gasteiger partial charge in [0.25, 0.3) is 0 Å². The van der Waals surface area contributed by atoms with Gasteiger partial charge in [-0.3, -0.25) is 4.79 Å². The van der Waals surface area contributed by atoms with E-state index in [-0.39, 0.29) is 0 Å². The van der Waals surface area contributed by atoms with E-state index in [1.54, 1.807) is 26.5 Å². The summed E-state index contributed by atoms with van der Waals surface area (Å²) in [5, 5.41) is 0. The van der Waals surface area contributed by atoms with Crippen LogP contribution in [0.25, 0.3) is 0 Å². The smallest absolute Gasteiger partial charge is 0.161 e. The summed E-state index contributed by atoms with van der Waals surface area (Å²) < 4.78 is 12.5. The van der Waals surface area contributed by atoms with Crippen molar-refractivity contribution in [3.63, 3.8) is 0 Å². The Kier molecular flexibility index (Phi) is 4.40. The van der Waals surface area contributed by atoms with E-state index in [1.807, 2.05) is 16.8 Å². The van der Waals surface area contributed by atoms with Crippen molar-refractivity contribution in [2.45, 2.75) is 19.9 Å². The van der Waals surface area contributed by atoms with Crippen LogP contribution in [0.5, 0.6) is 11.5 Å². The van der Waals surface area contributed by atoms with Crippen molar-refractivity contribution in [2.24, 2.45) is 0 Å². The fourth-order valence-corrected chi connectivity index (χ4v) is 2.17. The van der Waals surface area contributed by atoms with Crippen molar-refractivity contribution in [1.82, 2.24) is 9.55 Å². The van der Waals surface area contributed by atoms with Gasteiger partial charge in [-0.05, 0) is 24.6 Å². The number of aryl methyl sites for hydroxylation is 1. The van der Waals surface area contributed by atoms with E-state index in [9.17, 15) is 4.79 Å². The number of aromatic nitrogens is 2. The lowest BCUT2D eigenvalue weighted by atomic mass is 10.0. The van der Waals surface area contributed by atoms with Gasteiger partial charge in [0.15, 0.2) is 11.5 Å². The average Bonchev–Trinajstić information content (AvgIpc) is 2.93. The van der Waals surface area contributed by atoms with Gasteiger partial charge >= 0.3 is 0 Å². The minimum absolute atomic E-state index is 0.553. The Morgan fingerprint density at radius 1 is 1.25 bits per heavy atom. The maximum atomic E-state index is 11.3. The van der Waals surface area contributed by atoms with E-state index in [0.29, 0.717) is 23.5 Å². The predicted octanol–water partition coefficient (Wildman–Crippen LogP) is 2.32. The predicted molar refractivity (Wildman–Crippen MR) is 75.6 cm³/mol. The molecule has 5 nitrogen and oxygen atoms in total. The Morgan fingerprint density at radius 3 is 2.55 bits per heavy atom. The highest BCUT2D eigenvalue weighted by Crippen LogP contribution is 2.30.